The van der Waals surface area contributed by atoms with E-state index in [-0.39, 0.29) is 10.7 Å². The molecule has 5 nitrogen and oxygen atoms in total. The summed E-state index contributed by atoms with van der Waals surface area (Å²) in [5, 5.41) is 7.90. The average molecular weight is 360 g/mol. The molecule has 0 aliphatic carbocycles. The van der Waals surface area contributed by atoms with Crippen molar-refractivity contribution in [3.05, 3.63) is 59.1 Å². The number of thiophene rings is 1. The van der Waals surface area contributed by atoms with Gasteiger partial charge in [0, 0.05) is 17.1 Å². The molecule has 0 aliphatic heterocycles. The second kappa shape index (κ2) is 6.01. The van der Waals surface area contributed by atoms with E-state index in [4.69, 9.17) is 5.14 Å². The van der Waals surface area contributed by atoms with E-state index in [1.54, 1.807) is 19.1 Å². The van der Waals surface area contributed by atoms with Gasteiger partial charge in [0.25, 0.3) is 0 Å². The summed E-state index contributed by atoms with van der Waals surface area (Å²) in [6.45, 7) is 3.53. The van der Waals surface area contributed by atoms with Crippen molar-refractivity contribution < 1.29 is 13.2 Å². The van der Waals surface area contributed by atoms with E-state index in [0.29, 0.717) is 5.56 Å². The van der Waals surface area contributed by atoms with Gasteiger partial charge >= 0.3 is 0 Å². The van der Waals surface area contributed by atoms with E-state index >= 15 is 0 Å². The zero-order chi connectivity index (χ0) is 17.5. The van der Waals surface area contributed by atoms with Gasteiger partial charge in [-0.2, -0.15) is 0 Å². The van der Waals surface area contributed by atoms with Gasteiger partial charge in [-0.25, -0.2) is 13.6 Å². The van der Waals surface area contributed by atoms with Crippen LogP contribution in [-0.4, -0.2) is 18.8 Å². The van der Waals surface area contributed by atoms with Crippen molar-refractivity contribution in [1.82, 2.24) is 4.57 Å². The Kier molecular flexibility index (Phi) is 4.16. The third-order valence-electron chi connectivity index (χ3n) is 3.66. The molecule has 2 heterocycles. The zero-order valence-electron chi connectivity index (χ0n) is 13.2. The molecule has 2 aromatic heterocycles. The molecule has 3 rings (SSSR count). The van der Waals surface area contributed by atoms with Gasteiger partial charge < -0.3 is 4.57 Å². The second-order valence-electron chi connectivity index (χ2n) is 5.57. The first-order valence-electron chi connectivity index (χ1n) is 7.18. The van der Waals surface area contributed by atoms with Crippen molar-refractivity contribution in [2.75, 3.05) is 0 Å². The maximum Gasteiger partial charge on any atom is 0.238 e. The molecule has 24 heavy (non-hydrogen) atoms. The molecule has 0 unspecified atom stereocenters. The summed E-state index contributed by atoms with van der Waals surface area (Å²) in [5.74, 6) is 0.0282. The minimum Gasteiger partial charge on any atom is -0.308 e. The van der Waals surface area contributed by atoms with Crippen LogP contribution in [0.3, 0.4) is 0 Å². The van der Waals surface area contributed by atoms with Crippen LogP contribution in [0.25, 0.3) is 16.3 Å². The van der Waals surface area contributed by atoms with Gasteiger partial charge in [0.1, 0.15) is 5.00 Å². The fraction of sp³-hybridized carbons (Fsp3) is 0.118. The van der Waals surface area contributed by atoms with Gasteiger partial charge in [0.2, 0.25) is 10.0 Å². The maximum atomic E-state index is 11.5. The summed E-state index contributed by atoms with van der Waals surface area (Å²) < 4.78 is 24.8. The molecule has 7 heteroatoms. The van der Waals surface area contributed by atoms with Crippen LogP contribution in [0.2, 0.25) is 0 Å². The Morgan fingerprint density at radius 3 is 2.38 bits per heavy atom. The highest BCUT2D eigenvalue weighted by atomic mass is 32.2. The summed E-state index contributed by atoms with van der Waals surface area (Å²) in [4.78, 5) is 11.6. The van der Waals surface area contributed by atoms with Gasteiger partial charge in [-0.1, -0.05) is 12.1 Å². The van der Waals surface area contributed by atoms with Crippen molar-refractivity contribution in [1.29, 1.82) is 0 Å². The Balaban J connectivity index is 2.07. The number of Topliss-reactive ketones (excluding diaryl/α,β-unsaturated/α-hetero) is 1. The van der Waals surface area contributed by atoms with Crippen LogP contribution in [0, 0.1) is 6.92 Å². The first-order valence-corrected chi connectivity index (χ1v) is 9.60. The lowest BCUT2D eigenvalue weighted by Crippen LogP contribution is -2.11. The lowest BCUT2D eigenvalue weighted by atomic mass is 10.1. The van der Waals surface area contributed by atoms with Crippen molar-refractivity contribution in [3.63, 3.8) is 0 Å². The van der Waals surface area contributed by atoms with Gasteiger partial charge in [-0.3, -0.25) is 4.79 Å². The number of benzene rings is 1. The topological polar surface area (TPSA) is 82.2 Å². The number of ketones is 1. The Bertz CT molecular complexity index is 1010. The fourth-order valence-corrected chi connectivity index (χ4v) is 3.91. The minimum absolute atomic E-state index is 0.0282. The summed E-state index contributed by atoms with van der Waals surface area (Å²) in [5.41, 5.74) is 3.54. The van der Waals surface area contributed by atoms with Crippen LogP contribution in [-0.2, 0) is 10.0 Å². The third kappa shape index (κ3) is 3.19. The first-order chi connectivity index (χ1) is 11.3. The molecule has 2 N–H and O–H groups in total. The molecule has 0 atom stereocenters. The molecular weight excluding hydrogens is 344 g/mol. The number of aryl methyl sites for hydroxylation is 1. The highest BCUT2D eigenvalue weighted by Crippen LogP contribution is 2.30. The van der Waals surface area contributed by atoms with Crippen LogP contribution in [0.5, 0.6) is 0 Å². The predicted octanol–water partition coefficient (Wildman–Crippen LogP) is 3.36. The Morgan fingerprint density at radius 1 is 1.17 bits per heavy atom. The number of carbonyl (C=O) groups excluding carboxylic acids is 1. The van der Waals surface area contributed by atoms with Gasteiger partial charge in [-0.15, -0.1) is 11.3 Å². The van der Waals surface area contributed by atoms with Crippen LogP contribution >= 0.6 is 11.3 Å². The van der Waals surface area contributed by atoms with Crippen molar-refractivity contribution in [3.8, 4) is 16.3 Å². The van der Waals surface area contributed by atoms with Crippen LogP contribution in [0.1, 0.15) is 22.8 Å². The van der Waals surface area contributed by atoms with Crippen molar-refractivity contribution in [2.45, 2.75) is 18.7 Å². The molecule has 0 spiro atoms. The number of rotatable bonds is 4. The molecule has 0 radical (unpaired) electrons. The largest absolute Gasteiger partial charge is 0.308 e. The number of nitrogens with two attached hydrogens (primary N) is 1. The third-order valence-corrected chi connectivity index (χ3v) is 5.52. The van der Waals surface area contributed by atoms with Crippen LogP contribution in [0.4, 0.5) is 0 Å². The molecule has 0 fully saturated rings. The molecule has 124 valence electrons. The SMILES string of the molecule is CC(=O)c1csc(-n2cc(C)cc2-c2ccc(S(N)(=O)=O)cc2)c1. The number of hydrogen-bond donors (Lipinski definition) is 1. The summed E-state index contributed by atoms with van der Waals surface area (Å²) >= 11 is 1.49. The Hall–Kier alpha value is -2.22. The predicted molar refractivity (Wildman–Crippen MR) is 95.2 cm³/mol. The molecule has 0 saturated heterocycles. The van der Waals surface area contributed by atoms with Gasteiger partial charge in [0.05, 0.1) is 10.6 Å². The number of aromatic nitrogens is 1. The molecule has 0 saturated carbocycles. The molecular formula is C17H16N2O3S2. The Labute approximate surface area is 144 Å². The first kappa shape index (κ1) is 16.6. The summed E-state index contributed by atoms with van der Waals surface area (Å²) in [6, 6.07) is 10.3. The van der Waals surface area contributed by atoms with E-state index in [2.05, 4.69) is 0 Å². The van der Waals surface area contributed by atoms with Gasteiger partial charge in [-0.05, 0) is 49.2 Å². The zero-order valence-corrected chi connectivity index (χ0v) is 14.8. The molecule has 1 aromatic carbocycles. The highest BCUT2D eigenvalue weighted by molar-refractivity contribution is 7.89. The van der Waals surface area contributed by atoms with Crippen molar-refractivity contribution >= 4 is 27.1 Å². The number of hydrogen-bond acceptors (Lipinski definition) is 4. The summed E-state index contributed by atoms with van der Waals surface area (Å²) in [6.07, 6.45) is 1.98. The van der Waals surface area contributed by atoms with E-state index in [1.807, 2.05) is 35.2 Å². The van der Waals surface area contributed by atoms with E-state index in [9.17, 15) is 13.2 Å². The quantitative estimate of drug-likeness (QED) is 0.724. The molecule has 0 aliphatic rings. The normalized spacial score (nSPS) is 11.6. The second-order valence-corrected chi connectivity index (χ2v) is 8.02. The lowest BCUT2D eigenvalue weighted by molar-refractivity contribution is 0.101. The Morgan fingerprint density at radius 2 is 1.83 bits per heavy atom. The monoisotopic (exact) mass is 360 g/mol. The smallest absolute Gasteiger partial charge is 0.238 e. The fourth-order valence-electron chi connectivity index (χ4n) is 2.45. The lowest BCUT2D eigenvalue weighted by Gasteiger charge is -2.07. The number of nitrogens with zero attached hydrogens (tertiary/aromatic N) is 1. The van der Waals surface area contributed by atoms with E-state index in [1.165, 1.54) is 23.5 Å². The van der Waals surface area contributed by atoms with E-state index < -0.39 is 10.0 Å². The number of carbonyl (C=O) groups is 1. The maximum absolute atomic E-state index is 11.5. The number of primary sulfonamides is 1. The van der Waals surface area contributed by atoms with E-state index in [0.717, 1.165) is 21.8 Å². The minimum atomic E-state index is -3.71. The standard InChI is InChI=1S/C17H16N2O3S2/c1-11-7-16(13-3-5-15(6-4-13)24(18,21)22)19(9-11)17-8-14(10-23-17)12(2)20/h3-10H,1-2H3,(H2,18,21,22). The van der Waals surface area contributed by atoms with Gasteiger partial charge in [0.15, 0.2) is 5.78 Å². The van der Waals surface area contributed by atoms with Crippen LogP contribution < -0.4 is 5.14 Å². The van der Waals surface area contributed by atoms with Crippen molar-refractivity contribution in [2.24, 2.45) is 5.14 Å². The molecule has 3 aromatic rings. The highest BCUT2D eigenvalue weighted by Gasteiger charge is 2.13. The number of sulfonamides is 1. The molecule has 0 bridgehead atoms. The van der Waals surface area contributed by atoms with Crippen LogP contribution in [0.15, 0.2) is 52.9 Å². The molecule has 0 amide bonds. The summed E-state index contributed by atoms with van der Waals surface area (Å²) in [7, 11) is -3.71. The average Bonchev–Trinajstić information content (AvgIpc) is 3.13.